The Hall–Kier alpha value is -2.13. The van der Waals surface area contributed by atoms with E-state index in [2.05, 4.69) is 29.7 Å². The van der Waals surface area contributed by atoms with E-state index >= 15 is 0 Å². The third-order valence-electron chi connectivity index (χ3n) is 3.51. The van der Waals surface area contributed by atoms with Gasteiger partial charge in [0.2, 0.25) is 5.91 Å². The SMILES string of the molecule is Cc1ccc(NC(=O)C(C)N[C@H](C)c2ccccc2)cc1. The highest BCUT2D eigenvalue weighted by Crippen LogP contribution is 2.13. The highest BCUT2D eigenvalue weighted by atomic mass is 16.2. The zero-order valence-electron chi connectivity index (χ0n) is 12.8. The van der Waals surface area contributed by atoms with E-state index in [0.717, 1.165) is 5.69 Å². The molecular weight excluding hydrogens is 260 g/mol. The van der Waals surface area contributed by atoms with Crippen molar-refractivity contribution in [1.29, 1.82) is 0 Å². The highest BCUT2D eigenvalue weighted by molar-refractivity contribution is 5.94. The van der Waals surface area contributed by atoms with Gasteiger partial charge < -0.3 is 5.32 Å². The Balaban J connectivity index is 1.92. The van der Waals surface area contributed by atoms with Gasteiger partial charge in [0.25, 0.3) is 0 Å². The maximum absolute atomic E-state index is 12.2. The first-order valence-corrected chi connectivity index (χ1v) is 7.25. The van der Waals surface area contributed by atoms with E-state index in [0.29, 0.717) is 0 Å². The van der Waals surface area contributed by atoms with Crippen molar-refractivity contribution in [3.63, 3.8) is 0 Å². The molecule has 2 aromatic carbocycles. The first kappa shape index (κ1) is 15.3. The van der Waals surface area contributed by atoms with Crippen molar-refractivity contribution in [2.24, 2.45) is 0 Å². The van der Waals surface area contributed by atoms with Crippen LogP contribution in [-0.2, 0) is 4.79 Å². The van der Waals surface area contributed by atoms with Crippen molar-refractivity contribution in [1.82, 2.24) is 5.32 Å². The number of nitrogens with one attached hydrogen (secondary N) is 2. The minimum absolute atomic E-state index is 0.0263. The van der Waals surface area contributed by atoms with Crippen LogP contribution in [0.5, 0.6) is 0 Å². The lowest BCUT2D eigenvalue weighted by molar-refractivity contribution is -0.117. The fraction of sp³-hybridized carbons (Fsp3) is 0.278. The number of amides is 1. The maximum atomic E-state index is 12.2. The third kappa shape index (κ3) is 4.43. The Morgan fingerprint density at radius 3 is 2.19 bits per heavy atom. The summed E-state index contributed by atoms with van der Waals surface area (Å²) in [7, 11) is 0. The third-order valence-corrected chi connectivity index (χ3v) is 3.51. The van der Waals surface area contributed by atoms with Crippen molar-refractivity contribution < 1.29 is 4.79 Å². The molecule has 3 heteroatoms. The number of carbonyl (C=O) groups excluding carboxylic acids is 1. The van der Waals surface area contributed by atoms with E-state index in [-0.39, 0.29) is 18.0 Å². The Labute approximate surface area is 126 Å². The van der Waals surface area contributed by atoms with Crippen molar-refractivity contribution >= 4 is 11.6 Å². The number of aryl methyl sites for hydroxylation is 1. The lowest BCUT2D eigenvalue weighted by Gasteiger charge is -2.20. The van der Waals surface area contributed by atoms with E-state index < -0.39 is 0 Å². The molecule has 0 saturated heterocycles. The number of carbonyl (C=O) groups is 1. The molecule has 0 aromatic heterocycles. The van der Waals surface area contributed by atoms with Gasteiger partial charge in [0, 0.05) is 11.7 Å². The predicted molar refractivity (Wildman–Crippen MR) is 87.3 cm³/mol. The minimum Gasteiger partial charge on any atom is -0.325 e. The first-order chi connectivity index (χ1) is 10.1. The molecule has 0 radical (unpaired) electrons. The fourth-order valence-corrected chi connectivity index (χ4v) is 2.18. The number of hydrogen-bond acceptors (Lipinski definition) is 2. The van der Waals surface area contributed by atoms with Crippen LogP contribution in [-0.4, -0.2) is 11.9 Å². The number of hydrogen-bond donors (Lipinski definition) is 2. The van der Waals surface area contributed by atoms with Crippen LogP contribution in [0.4, 0.5) is 5.69 Å². The second kappa shape index (κ2) is 7.04. The van der Waals surface area contributed by atoms with Gasteiger partial charge in [-0.1, -0.05) is 48.0 Å². The zero-order chi connectivity index (χ0) is 15.2. The molecule has 1 unspecified atom stereocenters. The average molecular weight is 282 g/mol. The molecule has 2 rings (SSSR count). The van der Waals surface area contributed by atoms with Crippen LogP contribution in [0.15, 0.2) is 54.6 Å². The molecular formula is C18H22N2O. The molecule has 0 aliphatic carbocycles. The van der Waals surface area contributed by atoms with E-state index in [1.807, 2.05) is 56.3 Å². The largest absolute Gasteiger partial charge is 0.325 e. The summed E-state index contributed by atoms with van der Waals surface area (Å²) in [5.74, 6) is -0.0263. The van der Waals surface area contributed by atoms with Gasteiger partial charge in [-0.2, -0.15) is 0 Å². The zero-order valence-corrected chi connectivity index (χ0v) is 12.8. The predicted octanol–water partition coefficient (Wildman–Crippen LogP) is 3.67. The highest BCUT2D eigenvalue weighted by Gasteiger charge is 2.16. The second-order valence-corrected chi connectivity index (χ2v) is 5.38. The van der Waals surface area contributed by atoms with Crippen LogP contribution in [0.2, 0.25) is 0 Å². The molecule has 0 saturated carbocycles. The molecule has 1 amide bonds. The van der Waals surface area contributed by atoms with Gasteiger partial charge in [0.15, 0.2) is 0 Å². The maximum Gasteiger partial charge on any atom is 0.241 e. The summed E-state index contributed by atoms with van der Waals surface area (Å²) in [6, 6.07) is 17.8. The van der Waals surface area contributed by atoms with E-state index in [9.17, 15) is 4.79 Å². The molecule has 0 aliphatic rings. The summed E-state index contributed by atoms with van der Waals surface area (Å²) < 4.78 is 0. The van der Waals surface area contributed by atoms with E-state index in [1.54, 1.807) is 0 Å². The Morgan fingerprint density at radius 2 is 1.57 bits per heavy atom. The van der Waals surface area contributed by atoms with E-state index in [4.69, 9.17) is 0 Å². The van der Waals surface area contributed by atoms with Gasteiger partial charge in [0.1, 0.15) is 0 Å². The summed E-state index contributed by atoms with van der Waals surface area (Å²) in [5.41, 5.74) is 3.18. The monoisotopic (exact) mass is 282 g/mol. The summed E-state index contributed by atoms with van der Waals surface area (Å²) in [4.78, 5) is 12.2. The lowest BCUT2D eigenvalue weighted by Crippen LogP contribution is -2.39. The van der Waals surface area contributed by atoms with Crippen molar-refractivity contribution in [2.75, 3.05) is 5.32 Å². The smallest absolute Gasteiger partial charge is 0.241 e. The number of benzene rings is 2. The van der Waals surface area contributed by atoms with Crippen LogP contribution in [0.3, 0.4) is 0 Å². The van der Waals surface area contributed by atoms with Crippen LogP contribution >= 0.6 is 0 Å². The van der Waals surface area contributed by atoms with Gasteiger partial charge in [-0.25, -0.2) is 0 Å². The average Bonchev–Trinajstić information content (AvgIpc) is 2.50. The van der Waals surface area contributed by atoms with Crippen molar-refractivity contribution in [2.45, 2.75) is 32.9 Å². The quantitative estimate of drug-likeness (QED) is 0.878. The minimum atomic E-state index is -0.262. The van der Waals surface area contributed by atoms with E-state index in [1.165, 1.54) is 11.1 Å². The molecule has 0 fully saturated rings. The van der Waals surface area contributed by atoms with Crippen LogP contribution in [0.1, 0.15) is 31.0 Å². The van der Waals surface area contributed by atoms with Gasteiger partial charge >= 0.3 is 0 Å². The molecule has 0 spiro atoms. The number of anilines is 1. The van der Waals surface area contributed by atoms with Crippen molar-refractivity contribution in [3.05, 3.63) is 65.7 Å². The molecule has 0 heterocycles. The molecule has 2 aromatic rings. The van der Waals surface area contributed by atoms with Gasteiger partial charge in [-0.3, -0.25) is 10.1 Å². The molecule has 110 valence electrons. The summed E-state index contributed by atoms with van der Waals surface area (Å²) in [6.45, 7) is 5.96. The summed E-state index contributed by atoms with van der Waals surface area (Å²) in [5, 5.41) is 6.24. The van der Waals surface area contributed by atoms with Crippen molar-refractivity contribution in [3.8, 4) is 0 Å². The summed E-state index contributed by atoms with van der Waals surface area (Å²) in [6.07, 6.45) is 0. The Kier molecular flexibility index (Phi) is 5.12. The summed E-state index contributed by atoms with van der Waals surface area (Å²) >= 11 is 0. The van der Waals surface area contributed by atoms with Crippen LogP contribution in [0, 0.1) is 6.92 Å². The fourth-order valence-electron chi connectivity index (χ4n) is 2.18. The van der Waals surface area contributed by atoms with Gasteiger partial charge in [-0.05, 0) is 38.5 Å². The molecule has 21 heavy (non-hydrogen) atoms. The van der Waals surface area contributed by atoms with Crippen LogP contribution in [0.25, 0.3) is 0 Å². The first-order valence-electron chi connectivity index (χ1n) is 7.25. The van der Waals surface area contributed by atoms with Gasteiger partial charge in [0.05, 0.1) is 6.04 Å². The number of rotatable bonds is 5. The molecule has 3 nitrogen and oxygen atoms in total. The Morgan fingerprint density at radius 1 is 0.952 bits per heavy atom. The molecule has 0 bridgehead atoms. The lowest BCUT2D eigenvalue weighted by atomic mass is 10.1. The van der Waals surface area contributed by atoms with Gasteiger partial charge in [-0.15, -0.1) is 0 Å². The molecule has 0 aliphatic heterocycles. The molecule has 2 N–H and O–H groups in total. The van der Waals surface area contributed by atoms with Crippen LogP contribution < -0.4 is 10.6 Å². The topological polar surface area (TPSA) is 41.1 Å². The second-order valence-electron chi connectivity index (χ2n) is 5.38. The molecule has 2 atom stereocenters. The Bertz CT molecular complexity index is 578. The standard InChI is InChI=1S/C18H22N2O/c1-13-9-11-17(12-10-13)20-18(21)15(3)19-14(2)16-7-5-4-6-8-16/h4-12,14-15,19H,1-3H3,(H,20,21)/t14-,15?/m1/s1. The normalized spacial score (nSPS) is 13.5.